The highest BCUT2D eigenvalue weighted by atomic mass is 127. The second kappa shape index (κ2) is 12.3. The monoisotopic (exact) mass is 571 g/mol. The SMILES string of the molecule is CCNC(=NCC1(C)CCCS1)NCCCc1nn(-c2ccc(F)cc2)c(N)c1C#N.I. The van der Waals surface area contributed by atoms with Crippen molar-refractivity contribution in [3.63, 3.8) is 0 Å². The van der Waals surface area contributed by atoms with Gasteiger partial charge in [0.2, 0.25) is 0 Å². The molecule has 0 bridgehead atoms. The number of nitriles is 1. The Balaban J connectivity index is 0.00000363. The molecule has 1 atom stereocenters. The second-order valence-electron chi connectivity index (χ2n) is 7.83. The van der Waals surface area contributed by atoms with Gasteiger partial charge in [0, 0.05) is 17.8 Å². The molecule has 1 aliphatic rings. The number of hydrogen-bond acceptors (Lipinski definition) is 5. The van der Waals surface area contributed by atoms with Gasteiger partial charge in [0.15, 0.2) is 5.96 Å². The van der Waals surface area contributed by atoms with Crippen molar-refractivity contribution in [1.29, 1.82) is 5.26 Å². The number of nitrogen functional groups attached to an aromatic ring is 1. The van der Waals surface area contributed by atoms with E-state index in [9.17, 15) is 9.65 Å². The van der Waals surface area contributed by atoms with Gasteiger partial charge >= 0.3 is 0 Å². The van der Waals surface area contributed by atoms with Crippen LogP contribution < -0.4 is 16.4 Å². The fourth-order valence-electron chi connectivity index (χ4n) is 3.57. The minimum absolute atomic E-state index is 0. The first-order chi connectivity index (χ1) is 15.0. The Labute approximate surface area is 210 Å². The van der Waals surface area contributed by atoms with Gasteiger partial charge in [-0.2, -0.15) is 22.1 Å². The van der Waals surface area contributed by atoms with Crippen LogP contribution in [-0.2, 0) is 6.42 Å². The van der Waals surface area contributed by atoms with Gasteiger partial charge in [-0.15, -0.1) is 24.0 Å². The van der Waals surface area contributed by atoms with Crippen LogP contribution in [0.3, 0.4) is 0 Å². The van der Waals surface area contributed by atoms with Gasteiger partial charge in [-0.3, -0.25) is 4.99 Å². The smallest absolute Gasteiger partial charge is 0.191 e. The largest absolute Gasteiger partial charge is 0.382 e. The maximum atomic E-state index is 13.2. The molecule has 3 rings (SSSR count). The standard InChI is InChI=1S/C22H30FN7S.HI/c1-3-26-21(28-15-22(2)11-5-13-31-22)27-12-4-6-19-18(14-24)20(25)30(29-19)17-9-7-16(23)8-10-17;/h7-10H,3-6,11-13,15,25H2,1-2H3,(H2,26,27,28);1H. The number of nitrogens with one attached hydrogen (secondary N) is 2. The first-order valence-corrected chi connectivity index (χ1v) is 11.6. The number of anilines is 1. The molecule has 0 radical (unpaired) electrons. The number of benzene rings is 1. The number of hydrogen-bond donors (Lipinski definition) is 3. The molecule has 2 heterocycles. The van der Waals surface area contributed by atoms with Gasteiger partial charge in [0.05, 0.1) is 17.9 Å². The third-order valence-corrected chi connectivity index (χ3v) is 6.80. The minimum Gasteiger partial charge on any atom is -0.382 e. The highest BCUT2D eigenvalue weighted by Gasteiger charge is 2.29. The van der Waals surface area contributed by atoms with Gasteiger partial charge in [-0.1, -0.05) is 0 Å². The number of aliphatic imine (C=N–C) groups is 1. The van der Waals surface area contributed by atoms with Gasteiger partial charge in [-0.05, 0) is 69.5 Å². The summed E-state index contributed by atoms with van der Waals surface area (Å²) in [5, 5.41) is 20.7. The fraction of sp³-hybridized carbons (Fsp3) is 0.500. The zero-order valence-corrected chi connectivity index (χ0v) is 21.7. The molecule has 0 saturated carbocycles. The number of nitrogens with two attached hydrogens (primary N) is 1. The molecule has 10 heteroatoms. The molecule has 0 spiro atoms. The van der Waals surface area contributed by atoms with Crippen LogP contribution in [-0.4, -0.2) is 45.9 Å². The average molecular weight is 572 g/mol. The van der Waals surface area contributed by atoms with Crippen LogP contribution in [0.1, 0.15) is 44.4 Å². The Morgan fingerprint density at radius 1 is 1.38 bits per heavy atom. The van der Waals surface area contributed by atoms with Gasteiger partial charge in [0.25, 0.3) is 0 Å². The summed E-state index contributed by atoms with van der Waals surface area (Å²) in [5.74, 6) is 1.97. The fourth-order valence-corrected chi connectivity index (χ4v) is 4.79. The van der Waals surface area contributed by atoms with Crippen molar-refractivity contribution in [2.24, 2.45) is 4.99 Å². The summed E-state index contributed by atoms with van der Waals surface area (Å²) in [6.45, 7) is 6.62. The Hall–Kier alpha value is -2.00. The molecule has 32 heavy (non-hydrogen) atoms. The molecule has 0 amide bonds. The topological polar surface area (TPSA) is 104 Å². The van der Waals surface area contributed by atoms with Crippen molar-refractivity contribution < 1.29 is 4.39 Å². The van der Waals surface area contributed by atoms with E-state index in [1.165, 1.54) is 35.4 Å². The van der Waals surface area contributed by atoms with E-state index in [2.05, 4.69) is 28.7 Å². The van der Waals surface area contributed by atoms with Gasteiger partial charge < -0.3 is 16.4 Å². The van der Waals surface area contributed by atoms with Crippen LogP contribution in [0.25, 0.3) is 5.69 Å². The van der Waals surface area contributed by atoms with E-state index >= 15 is 0 Å². The number of halogens is 2. The van der Waals surface area contributed by atoms with Crippen molar-refractivity contribution in [2.75, 3.05) is 31.1 Å². The summed E-state index contributed by atoms with van der Waals surface area (Å²) < 4.78 is 14.9. The molecule has 1 aromatic carbocycles. The van der Waals surface area contributed by atoms with Crippen molar-refractivity contribution in [3.8, 4) is 11.8 Å². The molecule has 174 valence electrons. The first kappa shape index (κ1) is 26.3. The number of rotatable bonds is 8. The van der Waals surface area contributed by atoms with Crippen LogP contribution in [0.5, 0.6) is 0 Å². The summed E-state index contributed by atoms with van der Waals surface area (Å²) >= 11 is 2.00. The van der Waals surface area contributed by atoms with Crippen LogP contribution in [0, 0.1) is 17.1 Å². The molecule has 4 N–H and O–H groups in total. The van der Waals surface area contributed by atoms with E-state index in [0.29, 0.717) is 29.9 Å². The molecule has 1 aliphatic heterocycles. The molecule has 1 aromatic heterocycles. The molecule has 0 aliphatic carbocycles. The van der Waals surface area contributed by atoms with E-state index in [0.717, 1.165) is 25.5 Å². The van der Waals surface area contributed by atoms with E-state index in [-0.39, 0.29) is 40.4 Å². The molecule has 1 saturated heterocycles. The van der Waals surface area contributed by atoms with Gasteiger partial charge in [0.1, 0.15) is 23.3 Å². The van der Waals surface area contributed by atoms with Crippen LogP contribution >= 0.6 is 35.7 Å². The Kier molecular flexibility index (Phi) is 10.1. The van der Waals surface area contributed by atoms with Crippen molar-refractivity contribution in [2.45, 2.75) is 44.3 Å². The van der Waals surface area contributed by atoms with Crippen LogP contribution in [0.2, 0.25) is 0 Å². The zero-order valence-electron chi connectivity index (χ0n) is 18.5. The number of aryl methyl sites for hydroxylation is 1. The minimum atomic E-state index is -0.333. The molecular weight excluding hydrogens is 540 g/mol. The Morgan fingerprint density at radius 2 is 2.12 bits per heavy atom. The highest BCUT2D eigenvalue weighted by molar-refractivity contribution is 14.0. The summed E-state index contributed by atoms with van der Waals surface area (Å²) in [4.78, 5) is 4.76. The lowest BCUT2D eigenvalue weighted by molar-refractivity contribution is 0.613. The lowest BCUT2D eigenvalue weighted by atomic mass is 10.1. The number of aromatic nitrogens is 2. The highest BCUT2D eigenvalue weighted by Crippen LogP contribution is 2.37. The second-order valence-corrected chi connectivity index (χ2v) is 9.52. The number of guanidine groups is 1. The zero-order chi connectivity index (χ0) is 22.3. The maximum absolute atomic E-state index is 13.2. The predicted molar refractivity (Wildman–Crippen MR) is 140 cm³/mol. The Morgan fingerprint density at radius 3 is 2.75 bits per heavy atom. The Bertz CT molecular complexity index is 946. The molecule has 2 aromatic rings. The van der Waals surface area contributed by atoms with E-state index in [1.54, 1.807) is 12.1 Å². The third-order valence-electron chi connectivity index (χ3n) is 5.28. The van der Waals surface area contributed by atoms with Gasteiger partial charge in [-0.25, -0.2) is 9.07 Å². The number of nitrogens with zero attached hydrogens (tertiary/aromatic N) is 4. The predicted octanol–water partition coefficient (Wildman–Crippen LogP) is 3.86. The molecular formula is C22H31FIN7S. The van der Waals surface area contributed by atoms with Crippen molar-refractivity contribution in [3.05, 3.63) is 41.3 Å². The summed E-state index contributed by atoms with van der Waals surface area (Å²) in [5.41, 5.74) is 7.76. The van der Waals surface area contributed by atoms with E-state index in [1.807, 2.05) is 18.7 Å². The number of thioether (sulfide) groups is 1. The molecule has 1 unspecified atom stereocenters. The maximum Gasteiger partial charge on any atom is 0.191 e. The van der Waals surface area contributed by atoms with E-state index in [4.69, 9.17) is 10.7 Å². The summed E-state index contributed by atoms with van der Waals surface area (Å²) in [6, 6.07) is 8.02. The average Bonchev–Trinajstić information content (AvgIpc) is 3.33. The molecule has 1 fully saturated rings. The normalized spacial score (nSPS) is 18.1. The first-order valence-electron chi connectivity index (χ1n) is 10.7. The lowest BCUT2D eigenvalue weighted by Crippen LogP contribution is -2.39. The third kappa shape index (κ3) is 6.75. The quantitative estimate of drug-likeness (QED) is 0.193. The summed E-state index contributed by atoms with van der Waals surface area (Å²) in [7, 11) is 0. The van der Waals surface area contributed by atoms with Crippen LogP contribution in [0.15, 0.2) is 29.3 Å². The van der Waals surface area contributed by atoms with Crippen molar-refractivity contribution in [1.82, 2.24) is 20.4 Å². The van der Waals surface area contributed by atoms with E-state index < -0.39 is 0 Å². The van der Waals surface area contributed by atoms with Crippen LogP contribution in [0.4, 0.5) is 10.2 Å². The lowest BCUT2D eigenvalue weighted by Gasteiger charge is -2.21. The van der Waals surface area contributed by atoms with Crippen molar-refractivity contribution >= 4 is 47.5 Å². The summed E-state index contributed by atoms with van der Waals surface area (Å²) in [6.07, 6.45) is 3.83. The molecule has 7 nitrogen and oxygen atoms in total.